The Balaban J connectivity index is 1.44. The fourth-order valence-electron chi connectivity index (χ4n) is 3.69. The average molecular weight is 437 g/mol. The van der Waals surface area contributed by atoms with E-state index in [9.17, 15) is 18.8 Å². The average Bonchev–Trinajstić information content (AvgIpc) is 3.08. The Morgan fingerprint density at radius 1 is 1.09 bits per heavy atom. The molecule has 0 spiro atoms. The van der Waals surface area contributed by atoms with Crippen LogP contribution in [0, 0.1) is 19.7 Å². The number of aromatic nitrogens is 3. The molecule has 1 aliphatic rings. The molecule has 0 fully saturated rings. The lowest BCUT2D eigenvalue weighted by molar-refractivity contribution is -0.122. The number of amides is 2. The largest absolute Gasteiger partial charge is 0.350 e. The number of nitrogens with zero attached hydrogens (tertiary/aromatic N) is 4. The number of nitrogens with one attached hydrogen (secondary N) is 1. The van der Waals surface area contributed by atoms with Crippen LogP contribution < -0.4 is 11.0 Å². The van der Waals surface area contributed by atoms with Crippen LogP contribution in [0.25, 0.3) is 0 Å². The number of halogens is 1. The Morgan fingerprint density at radius 2 is 1.84 bits per heavy atom. The van der Waals surface area contributed by atoms with Crippen molar-refractivity contribution in [1.82, 2.24) is 24.6 Å². The van der Waals surface area contributed by atoms with Crippen molar-refractivity contribution in [3.05, 3.63) is 86.8 Å². The van der Waals surface area contributed by atoms with E-state index in [0.29, 0.717) is 19.6 Å². The first-order valence-electron chi connectivity index (χ1n) is 10.4. The second kappa shape index (κ2) is 8.78. The van der Waals surface area contributed by atoms with Crippen molar-refractivity contribution in [2.45, 2.75) is 40.0 Å². The zero-order valence-corrected chi connectivity index (χ0v) is 18.0. The van der Waals surface area contributed by atoms with Crippen LogP contribution in [0.2, 0.25) is 0 Å². The molecular formula is C23H24FN5O3. The third-order valence-corrected chi connectivity index (χ3v) is 5.56. The van der Waals surface area contributed by atoms with Gasteiger partial charge in [0.05, 0.1) is 0 Å². The van der Waals surface area contributed by atoms with Gasteiger partial charge in [-0.05, 0) is 42.7 Å². The molecule has 1 aliphatic heterocycles. The first kappa shape index (κ1) is 21.5. The molecule has 2 aromatic carbocycles. The number of fused-ring (bicyclic) bond motifs is 1. The Hall–Kier alpha value is -3.75. The fraction of sp³-hybridized carbons (Fsp3) is 0.304. The van der Waals surface area contributed by atoms with E-state index in [4.69, 9.17) is 0 Å². The molecule has 166 valence electrons. The zero-order chi connectivity index (χ0) is 22.8. The van der Waals surface area contributed by atoms with E-state index < -0.39 is 11.6 Å². The standard InChI is InChI=1S/C23H24FN5O3/c1-15-3-4-16(2)18(11-15)13-27-9-10-28-21(22(27)31)26-29(23(28)32)14-20(30)25-12-17-5-7-19(24)8-6-17/h3-8,11H,9-10,12-14H2,1-2H3,(H,25,30). The molecular weight excluding hydrogens is 413 g/mol. The summed E-state index contributed by atoms with van der Waals surface area (Å²) in [5.41, 5.74) is 3.50. The number of hydrogen-bond acceptors (Lipinski definition) is 4. The van der Waals surface area contributed by atoms with E-state index in [1.165, 1.54) is 16.7 Å². The minimum Gasteiger partial charge on any atom is -0.350 e. The van der Waals surface area contributed by atoms with E-state index in [1.807, 2.05) is 32.0 Å². The van der Waals surface area contributed by atoms with Crippen LogP contribution in [0.1, 0.15) is 32.9 Å². The lowest BCUT2D eigenvalue weighted by Gasteiger charge is -2.27. The summed E-state index contributed by atoms with van der Waals surface area (Å²) in [4.78, 5) is 39.6. The maximum Gasteiger partial charge on any atom is 0.346 e. The molecule has 8 nitrogen and oxygen atoms in total. The van der Waals surface area contributed by atoms with Gasteiger partial charge in [-0.3, -0.25) is 14.2 Å². The predicted molar refractivity (Wildman–Crippen MR) is 115 cm³/mol. The van der Waals surface area contributed by atoms with E-state index in [1.54, 1.807) is 17.0 Å². The van der Waals surface area contributed by atoms with Gasteiger partial charge in [0.1, 0.15) is 12.4 Å². The van der Waals surface area contributed by atoms with E-state index in [2.05, 4.69) is 10.4 Å². The number of rotatable bonds is 6. The summed E-state index contributed by atoms with van der Waals surface area (Å²) >= 11 is 0. The Labute approximate surface area is 184 Å². The summed E-state index contributed by atoms with van der Waals surface area (Å²) in [5, 5.41) is 6.81. The molecule has 2 heterocycles. The summed E-state index contributed by atoms with van der Waals surface area (Å²) in [7, 11) is 0. The quantitative estimate of drug-likeness (QED) is 0.637. The van der Waals surface area contributed by atoms with Gasteiger partial charge in [-0.2, -0.15) is 0 Å². The lowest BCUT2D eigenvalue weighted by Crippen LogP contribution is -2.42. The van der Waals surface area contributed by atoms with Crippen LogP contribution in [0.4, 0.5) is 4.39 Å². The minimum absolute atomic E-state index is 0.0397. The van der Waals surface area contributed by atoms with Gasteiger partial charge < -0.3 is 10.2 Å². The van der Waals surface area contributed by atoms with Crippen LogP contribution in [-0.4, -0.2) is 37.6 Å². The van der Waals surface area contributed by atoms with Gasteiger partial charge in [0.2, 0.25) is 11.7 Å². The molecule has 4 rings (SSSR count). The third-order valence-electron chi connectivity index (χ3n) is 5.56. The summed E-state index contributed by atoms with van der Waals surface area (Å²) in [6.45, 7) is 5.04. The van der Waals surface area contributed by atoms with Gasteiger partial charge in [0.15, 0.2) is 0 Å². The fourth-order valence-corrected chi connectivity index (χ4v) is 3.69. The number of carbonyl (C=O) groups is 2. The SMILES string of the molecule is Cc1ccc(C)c(CN2CCn3c(nn(CC(=O)NCc4ccc(F)cc4)c3=O)C2=O)c1. The number of hydrogen-bond donors (Lipinski definition) is 1. The molecule has 3 aromatic rings. The van der Waals surface area contributed by atoms with E-state index >= 15 is 0 Å². The van der Waals surface area contributed by atoms with Gasteiger partial charge in [-0.25, -0.2) is 13.9 Å². The highest BCUT2D eigenvalue weighted by molar-refractivity contribution is 5.91. The van der Waals surface area contributed by atoms with Crippen LogP contribution in [-0.2, 0) is 31.0 Å². The minimum atomic E-state index is -0.489. The normalized spacial score (nSPS) is 13.2. The summed E-state index contributed by atoms with van der Waals surface area (Å²) in [5.74, 6) is -1.07. The van der Waals surface area contributed by atoms with Gasteiger partial charge in [-0.15, -0.1) is 5.10 Å². The summed E-state index contributed by atoms with van der Waals surface area (Å²) in [6, 6.07) is 11.9. The lowest BCUT2D eigenvalue weighted by atomic mass is 10.0. The van der Waals surface area contributed by atoms with Gasteiger partial charge in [0.25, 0.3) is 5.91 Å². The molecule has 1 aromatic heterocycles. The zero-order valence-electron chi connectivity index (χ0n) is 18.0. The van der Waals surface area contributed by atoms with Crippen molar-refractivity contribution in [2.75, 3.05) is 6.54 Å². The van der Waals surface area contributed by atoms with Crippen molar-refractivity contribution < 1.29 is 14.0 Å². The molecule has 0 saturated carbocycles. The molecule has 0 saturated heterocycles. The van der Waals surface area contributed by atoms with E-state index in [-0.39, 0.29) is 30.6 Å². The number of aryl methyl sites for hydroxylation is 2. The number of benzene rings is 2. The highest BCUT2D eigenvalue weighted by Crippen LogP contribution is 2.17. The van der Waals surface area contributed by atoms with Crippen LogP contribution in [0.5, 0.6) is 0 Å². The molecule has 1 N–H and O–H groups in total. The van der Waals surface area contributed by atoms with Crippen LogP contribution in [0.15, 0.2) is 47.3 Å². The molecule has 9 heteroatoms. The van der Waals surface area contributed by atoms with Crippen LogP contribution >= 0.6 is 0 Å². The summed E-state index contributed by atoms with van der Waals surface area (Å²) in [6.07, 6.45) is 0. The van der Waals surface area contributed by atoms with Crippen molar-refractivity contribution in [3.8, 4) is 0 Å². The van der Waals surface area contributed by atoms with Crippen molar-refractivity contribution in [3.63, 3.8) is 0 Å². The highest BCUT2D eigenvalue weighted by Gasteiger charge is 2.30. The topological polar surface area (TPSA) is 89.2 Å². The molecule has 0 aliphatic carbocycles. The maximum atomic E-state index is 13.0. The number of carbonyl (C=O) groups excluding carboxylic acids is 2. The first-order valence-corrected chi connectivity index (χ1v) is 10.4. The second-order valence-corrected chi connectivity index (χ2v) is 7.98. The highest BCUT2D eigenvalue weighted by atomic mass is 19.1. The molecule has 0 atom stereocenters. The Morgan fingerprint density at radius 3 is 2.59 bits per heavy atom. The van der Waals surface area contributed by atoms with Crippen LogP contribution in [0.3, 0.4) is 0 Å². The molecule has 32 heavy (non-hydrogen) atoms. The molecule has 2 amide bonds. The molecule has 0 radical (unpaired) electrons. The Bertz CT molecular complexity index is 1230. The van der Waals surface area contributed by atoms with Gasteiger partial charge >= 0.3 is 5.69 Å². The van der Waals surface area contributed by atoms with Gasteiger partial charge in [0, 0.05) is 26.2 Å². The predicted octanol–water partition coefficient (Wildman–Crippen LogP) is 1.77. The van der Waals surface area contributed by atoms with Crippen molar-refractivity contribution >= 4 is 11.8 Å². The second-order valence-electron chi connectivity index (χ2n) is 7.98. The van der Waals surface area contributed by atoms with Crippen molar-refractivity contribution in [2.24, 2.45) is 0 Å². The molecule has 0 bridgehead atoms. The third kappa shape index (κ3) is 4.46. The molecule has 0 unspecified atom stereocenters. The van der Waals surface area contributed by atoms with Gasteiger partial charge in [-0.1, -0.05) is 35.9 Å². The van der Waals surface area contributed by atoms with Crippen molar-refractivity contribution in [1.29, 1.82) is 0 Å². The Kier molecular flexibility index (Phi) is 5.89. The van der Waals surface area contributed by atoms with E-state index in [0.717, 1.165) is 26.9 Å². The monoisotopic (exact) mass is 437 g/mol. The maximum absolute atomic E-state index is 13.0. The smallest absolute Gasteiger partial charge is 0.346 e. The first-order chi connectivity index (χ1) is 15.3. The summed E-state index contributed by atoms with van der Waals surface area (Å²) < 4.78 is 15.3.